The lowest BCUT2D eigenvalue weighted by Gasteiger charge is -2.17. The Morgan fingerprint density at radius 1 is 1.60 bits per heavy atom. The normalized spacial score (nSPS) is 32.7. The number of carbonyl (C=O) groups is 1. The van der Waals surface area contributed by atoms with Crippen LogP contribution in [0.3, 0.4) is 0 Å². The van der Waals surface area contributed by atoms with E-state index in [0.717, 1.165) is 19.3 Å². The molecule has 1 saturated heterocycles. The van der Waals surface area contributed by atoms with Crippen LogP contribution in [-0.4, -0.2) is 36.9 Å². The Bertz CT molecular complexity index is 250. The fourth-order valence-corrected chi connectivity index (χ4v) is 2.05. The zero-order valence-corrected chi connectivity index (χ0v) is 9.16. The van der Waals surface area contributed by atoms with E-state index in [1.165, 1.54) is 0 Å². The van der Waals surface area contributed by atoms with Crippen LogP contribution in [0.2, 0.25) is 0 Å². The van der Waals surface area contributed by atoms with Crippen molar-refractivity contribution in [1.82, 2.24) is 5.32 Å². The van der Waals surface area contributed by atoms with Crippen molar-refractivity contribution >= 4 is 5.91 Å². The van der Waals surface area contributed by atoms with Crippen LogP contribution in [0, 0.1) is 11.3 Å². The average Bonchev–Trinajstić information content (AvgIpc) is 2.91. The van der Waals surface area contributed by atoms with Gasteiger partial charge in [-0.3, -0.25) is 4.79 Å². The molecule has 0 aromatic rings. The summed E-state index contributed by atoms with van der Waals surface area (Å²) < 4.78 is 5.35. The number of hydrogen-bond donors (Lipinski definition) is 2. The number of carbonyl (C=O) groups excluding carboxylic acids is 1. The summed E-state index contributed by atoms with van der Waals surface area (Å²) in [5, 5.41) is 12.0. The van der Waals surface area contributed by atoms with Crippen molar-refractivity contribution < 1.29 is 14.6 Å². The highest BCUT2D eigenvalue weighted by Gasteiger charge is 2.42. The Kier molecular flexibility index (Phi) is 2.98. The molecule has 4 nitrogen and oxygen atoms in total. The third-order valence-corrected chi connectivity index (χ3v) is 3.64. The molecule has 0 spiro atoms. The van der Waals surface area contributed by atoms with E-state index in [4.69, 9.17) is 9.84 Å². The van der Waals surface area contributed by atoms with Crippen LogP contribution < -0.4 is 5.32 Å². The fraction of sp³-hybridized carbons (Fsp3) is 0.909. The molecule has 1 aliphatic carbocycles. The lowest BCUT2D eigenvalue weighted by atomic mass is 10.0. The van der Waals surface area contributed by atoms with Crippen molar-refractivity contribution in [3.05, 3.63) is 0 Å². The van der Waals surface area contributed by atoms with Gasteiger partial charge in [-0.05, 0) is 26.2 Å². The smallest absolute Gasteiger partial charge is 0.225 e. The molecule has 15 heavy (non-hydrogen) atoms. The van der Waals surface area contributed by atoms with Crippen molar-refractivity contribution in [2.24, 2.45) is 11.3 Å². The highest BCUT2D eigenvalue weighted by Crippen LogP contribution is 2.44. The van der Waals surface area contributed by atoms with Crippen LogP contribution in [-0.2, 0) is 9.53 Å². The first-order chi connectivity index (χ1) is 7.17. The van der Waals surface area contributed by atoms with Gasteiger partial charge in [-0.1, -0.05) is 0 Å². The molecule has 2 fully saturated rings. The molecule has 1 saturated carbocycles. The first-order valence-electron chi connectivity index (χ1n) is 5.67. The average molecular weight is 213 g/mol. The van der Waals surface area contributed by atoms with Crippen LogP contribution in [0.4, 0.5) is 0 Å². The van der Waals surface area contributed by atoms with Gasteiger partial charge in [-0.15, -0.1) is 0 Å². The van der Waals surface area contributed by atoms with Gasteiger partial charge in [0.1, 0.15) is 0 Å². The van der Waals surface area contributed by atoms with E-state index in [-0.39, 0.29) is 30.0 Å². The highest BCUT2D eigenvalue weighted by atomic mass is 16.5. The molecule has 2 unspecified atom stereocenters. The van der Waals surface area contributed by atoms with Gasteiger partial charge in [0.05, 0.1) is 18.6 Å². The maximum atomic E-state index is 11.8. The van der Waals surface area contributed by atoms with Crippen LogP contribution in [0.1, 0.15) is 26.2 Å². The Hall–Kier alpha value is -0.610. The summed E-state index contributed by atoms with van der Waals surface area (Å²) in [6.07, 6.45) is 2.91. The SMILES string of the molecule is CC1OCCC1C(=O)NCC1(CO)CC1. The fourth-order valence-electron chi connectivity index (χ4n) is 2.05. The summed E-state index contributed by atoms with van der Waals surface area (Å²) >= 11 is 0. The number of aliphatic hydroxyl groups is 1. The third kappa shape index (κ3) is 2.32. The minimum absolute atomic E-state index is 0.000470. The Balaban J connectivity index is 1.77. The lowest BCUT2D eigenvalue weighted by Crippen LogP contribution is -2.38. The van der Waals surface area contributed by atoms with Crippen LogP contribution in [0.25, 0.3) is 0 Å². The monoisotopic (exact) mass is 213 g/mol. The van der Waals surface area contributed by atoms with Crippen molar-refractivity contribution in [2.45, 2.75) is 32.3 Å². The van der Waals surface area contributed by atoms with E-state index in [9.17, 15) is 4.79 Å². The maximum absolute atomic E-state index is 11.8. The molecule has 0 aromatic carbocycles. The summed E-state index contributed by atoms with van der Waals surface area (Å²) in [6.45, 7) is 3.43. The van der Waals surface area contributed by atoms with Gasteiger partial charge in [0.2, 0.25) is 5.91 Å². The zero-order chi connectivity index (χ0) is 10.9. The quantitative estimate of drug-likeness (QED) is 0.706. The number of aliphatic hydroxyl groups excluding tert-OH is 1. The van der Waals surface area contributed by atoms with Gasteiger partial charge < -0.3 is 15.2 Å². The Labute approximate surface area is 90.0 Å². The van der Waals surface area contributed by atoms with E-state index in [1.807, 2.05) is 6.92 Å². The molecule has 4 heteroatoms. The van der Waals surface area contributed by atoms with Gasteiger partial charge in [0, 0.05) is 18.6 Å². The molecule has 2 aliphatic rings. The number of rotatable bonds is 4. The number of hydrogen-bond acceptors (Lipinski definition) is 3. The van der Waals surface area contributed by atoms with E-state index in [1.54, 1.807) is 0 Å². The molecule has 2 rings (SSSR count). The molecule has 1 amide bonds. The van der Waals surface area contributed by atoms with Crippen molar-refractivity contribution in [3.63, 3.8) is 0 Å². The molecule has 0 aromatic heterocycles. The second-order valence-electron chi connectivity index (χ2n) is 4.85. The molecule has 0 radical (unpaired) electrons. The van der Waals surface area contributed by atoms with Gasteiger partial charge in [-0.2, -0.15) is 0 Å². The predicted octanol–water partition coefficient (Wildman–Crippen LogP) is 0.300. The summed E-state index contributed by atoms with van der Waals surface area (Å²) in [4.78, 5) is 11.8. The van der Waals surface area contributed by atoms with Gasteiger partial charge >= 0.3 is 0 Å². The third-order valence-electron chi connectivity index (χ3n) is 3.64. The topological polar surface area (TPSA) is 58.6 Å². The zero-order valence-electron chi connectivity index (χ0n) is 9.16. The van der Waals surface area contributed by atoms with E-state index in [2.05, 4.69) is 5.32 Å². The van der Waals surface area contributed by atoms with Crippen LogP contribution >= 0.6 is 0 Å². The van der Waals surface area contributed by atoms with Crippen molar-refractivity contribution in [3.8, 4) is 0 Å². The first-order valence-corrected chi connectivity index (χ1v) is 5.67. The van der Waals surface area contributed by atoms with Crippen molar-refractivity contribution in [1.29, 1.82) is 0 Å². The van der Waals surface area contributed by atoms with Crippen LogP contribution in [0.5, 0.6) is 0 Å². The van der Waals surface area contributed by atoms with E-state index < -0.39 is 0 Å². The standard InChI is InChI=1S/C11H19NO3/c1-8-9(2-5-15-8)10(14)12-6-11(7-13)3-4-11/h8-9,13H,2-7H2,1H3,(H,12,14). The predicted molar refractivity (Wildman–Crippen MR) is 55.3 cm³/mol. The molecule has 0 bridgehead atoms. The molecular weight excluding hydrogens is 194 g/mol. The maximum Gasteiger partial charge on any atom is 0.225 e. The summed E-state index contributed by atoms with van der Waals surface area (Å²) in [6, 6.07) is 0. The molecule has 2 N–H and O–H groups in total. The second-order valence-corrected chi connectivity index (χ2v) is 4.85. The van der Waals surface area contributed by atoms with E-state index in [0.29, 0.717) is 13.2 Å². The first kappa shape index (κ1) is 10.9. The van der Waals surface area contributed by atoms with Gasteiger partial charge in [0.25, 0.3) is 0 Å². The largest absolute Gasteiger partial charge is 0.396 e. The van der Waals surface area contributed by atoms with Gasteiger partial charge in [-0.25, -0.2) is 0 Å². The minimum Gasteiger partial charge on any atom is -0.396 e. The summed E-state index contributed by atoms with van der Waals surface area (Å²) in [7, 11) is 0. The summed E-state index contributed by atoms with van der Waals surface area (Å²) in [5.74, 6) is 0.0826. The molecular formula is C11H19NO3. The Morgan fingerprint density at radius 2 is 2.33 bits per heavy atom. The highest BCUT2D eigenvalue weighted by molar-refractivity contribution is 5.79. The summed E-state index contributed by atoms with van der Waals surface area (Å²) in [5.41, 5.74) is -0.00163. The van der Waals surface area contributed by atoms with E-state index >= 15 is 0 Å². The van der Waals surface area contributed by atoms with Crippen LogP contribution in [0.15, 0.2) is 0 Å². The second kappa shape index (κ2) is 4.10. The number of nitrogens with one attached hydrogen (secondary N) is 1. The minimum atomic E-state index is -0.00163. The molecule has 1 heterocycles. The molecule has 86 valence electrons. The number of amides is 1. The Morgan fingerprint density at radius 3 is 2.80 bits per heavy atom. The van der Waals surface area contributed by atoms with Crippen molar-refractivity contribution in [2.75, 3.05) is 19.8 Å². The number of ether oxygens (including phenoxy) is 1. The molecule has 1 aliphatic heterocycles. The molecule has 2 atom stereocenters. The van der Waals surface area contributed by atoms with Gasteiger partial charge in [0.15, 0.2) is 0 Å². The lowest BCUT2D eigenvalue weighted by molar-refractivity contribution is -0.126.